The predicted molar refractivity (Wildman–Crippen MR) is 51.8 cm³/mol. The van der Waals surface area contributed by atoms with Crippen molar-refractivity contribution >= 4 is 5.97 Å². The lowest BCUT2D eigenvalue weighted by Crippen LogP contribution is -2.28. The summed E-state index contributed by atoms with van der Waals surface area (Å²) in [5, 5.41) is 8.92. The van der Waals surface area contributed by atoms with E-state index in [0.29, 0.717) is 12.1 Å². The van der Waals surface area contributed by atoms with Gasteiger partial charge in [-0.1, -0.05) is 0 Å². The van der Waals surface area contributed by atoms with Gasteiger partial charge in [0.15, 0.2) is 17.0 Å². The second-order valence-corrected chi connectivity index (χ2v) is 4.06. The van der Waals surface area contributed by atoms with Gasteiger partial charge in [0.25, 0.3) is 5.92 Å². The van der Waals surface area contributed by atoms with Crippen molar-refractivity contribution in [3.63, 3.8) is 0 Å². The van der Waals surface area contributed by atoms with E-state index in [-0.39, 0.29) is 0 Å². The van der Waals surface area contributed by atoms with E-state index in [2.05, 4.69) is 4.74 Å². The van der Waals surface area contributed by atoms with E-state index in [4.69, 9.17) is 5.11 Å². The van der Waals surface area contributed by atoms with Crippen LogP contribution in [-0.4, -0.2) is 24.1 Å². The molecule has 2 rings (SSSR count). The van der Waals surface area contributed by atoms with Gasteiger partial charge >= 0.3 is 5.97 Å². The van der Waals surface area contributed by atoms with E-state index in [1.165, 1.54) is 0 Å². The van der Waals surface area contributed by atoms with Crippen molar-refractivity contribution in [3.8, 4) is 5.75 Å². The number of alkyl halides is 2. The lowest BCUT2D eigenvalue weighted by molar-refractivity contribution is -0.143. The number of carboxylic acids is 1. The number of benzene rings is 1. The van der Waals surface area contributed by atoms with Crippen LogP contribution < -0.4 is 4.74 Å². The summed E-state index contributed by atoms with van der Waals surface area (Å²) in [6.07, 6.45) is -0.962. The summed E-state index contributed by atoms with van der Waals surface area (Å²) in [5.41, 5.74) is -3.09. The van der Waals surface area contributed by atoms with Gasteiger partial charge in [-0.15, -0.1) is 0 Å². The average Bonchev–Trinajstić information content (AvgIpc) is 2.86. The molecule has 1 fully saturated rings. The van der Waals surface area contributed by atoms with Crippen LogP contribution >= 0.6 is 0 Å². The van der Waals surface area contributed by atoms with Crippen molar-refractivity contribution in [1.29, 1.82) is 0 Å². The number of hydrogen-bond donors (Lipinski definition) is 1. The molecule has 0 aromatic heterocycles. The standard InChI is InChI=1S/C11H8F4O3/c1-18-8-3-7(13)6(12)2-5(8)10(9(16)17)4-11(10,14)15/h2-3H,4H2,1H3,(H,16,17). The van der Waals surface area contributed by atoms with Crippen LogP contribution in [0, 0.1) is 11.6 Å². The molecule has 0 aliphatic heterocycles. The smallest absolute Gasteiger partial charge is 0.320 e. The Balaban J connectivity index is 2.64. The summed E-state index contributed by atoms with van der Waals surface area (Å²) in [7, 11) is 1.06. The monoisotopic (exact) mass is 264 g/mol. The van der Waals surface area contributed by atoms with Crippen molar-refractivity contribution in [3.05, 3.63) is 29.3 Å². The molecular weight excluding hydrogens is 256 g/mol. The summed E-state index contributed by atoms with van der Waals surface area (Å²) in [6, 6.07) is 1.01. The molecule has 1 aliphatic rings. The number of hydrogen-bond acceptors (Lipinski definition) is 2. The minimum atomic E-state index is -3.50. The summed E-state index contributed by atoms with van der Waals surface area (Å²) >= 11 is 0. The lowest BCUT2D eigenvalue weighted by atomic mass is 9.94. The third kappa shape index (κ3) is 1.46. The summed E-state index contributed by atoms with van der Waals surface area (Å²) in [6.45, 7) is 0. The molecule has 18 heavy (non-hydrogen) atoms. The van der Waals surface area contributed by atoms with E-state index < -0.39 is 46.7 Å². The van der Waals surface area contributed by atoms with Crippen molar-refractivity contribution in [2.45, 2.75) is 17.8 Å². The van der Waals surface area contributed by atoms with Crippen LogP contribution in [0.4, 0.5) is 17.6 Å². The van der Waals surface area contributed by atoms with Gasteiger partial charge < -0.3 is 9.84 Å². The molecule has 0 saturated heterocycles. The number of carboxylic acid groups (broad SMARTS) is 1. The molecule has 3 nitrogen and oxygen atoms in total. The molecule has 7 heteroatoms. The van der Waals surface area contributed by atoms with Crippen molar-refractivity contribution in [2.24, 2.45) is 0 Å². The van der Waals surface area contributed by atoms with Gasteiger partial charge in [0.1, 0.15) is 5.75 Å². The van der Waals surface area contributed by atoms with Crippen LogP contribution in [0.15, 0.2) is 12.1 Å². The molecular formula is C11H8F4O3. The van der Waals surface area contributed by atoms with Crippen LogP contribution in [0.2, 0.25) is 0 Å². The number of carbonyl (C=O) groups is 1. The van der Waals surface area contributed by atoms with E-state index in [0.717, 1.165) is 7.11 Å². The van der Waals surface area contributed by atoms with Gasteiger partial charge in [-0.05, 0) is 6.07 Å². The highest BCUT2D eigenvalue weighted by Gasteiger charge is 2.78. The molecule has 1 unspecified atom stereocenters. The molecule has 0 amide bonds. The van der Waals surface area contributed by atoms with Crippen LogP contribution in [0.5, 0.6) is 5.75 Å². The zero-order valence-corrected chi connectivity index (χ0v) is 9.14. The molecule has 0 radical (unpaired) electrons. The summed E-state index contributed by atoms with van der Waals surface area (Å²) in [5.74, 6) is -8.39. The van der Waals surface area contributed by atoms with E-state index in [1.54, 1.807) is 0 Å². The maximum absolute atomic E-state index is 13.3. The van der Waals surface area contributed by atoms with Crippen LogP contribution in [0.1, 0.15) is 12.0 Å². The molecule has 1 atom stereocenters. The Morgan fingerprint density at radius 3 is 2.22 bits per heavy atom. The van der Waals surface area contributed by atoms with Gasteiger partial charge in [0.2, 0.25) is 0 Å². The maximum Gasteiger partial charge on any atom is 0.320 e. The zero-order valence-electron chi connectivity index (χ0n) is 9.14. The highest BCUT2D eigenvalue weighted by atomic mass is 19.3. The topological polar surface area (TPSA) is 46.5 Å². The fourth-order valence-corrected chi connectivity index (χ4v) is 1.96. The minimum Gasteiger partial charge on any atom is -0.496 e. The molecule has 0 spiro atoms. The third-order valence-corrected chi connectivity index (χ3v) is 3.05. The van der Waals surface area contributed by atoms with Gasteiger partial charge in [-0.2, -0.15) is 0 Å². The first kappa shape index (κ1) is 12.7. The molecule has 1 aliphatic carbocycles. The summed E-state index contributed by atoms with van der Waals surface area (Å²) in [4.78, 5) is 11.0. The Hall–Kier alpha value is -1.79. The zero-order chi connectivity index (χ0) is 13.7. The van der Waals surface area contributed by atoms with E-state index in [9.17, 15) is 22.4 Å². The minimum absolute atomic E-state index is 0.409. The first-order valence-electron chi connectivity index (χ1n) is 4.91. The molecule has 98 valence electrons. The van der Waals surface area contributed by atoms with Gasteiger partial charge in [0, 0.05) is 18.1 Å². The Morgan fingerprint density at radius 1 is 1.33 bits per heavy atom. The van der Waals surface area contributed by atoms with E-state index >= 15 is 0 Å². The van der Waals surface area contributed by atoms with Gasteiger partial charge in [0.05, 0.1) is 7.11 Å². The number of ether oxygens (including phenoxy) is 1. The average molecular weight is 264 g/mol. The van der Waals surface area contributed by atoms with Crippen molar-refractivity contribution in [2.75, 3.05) is 7.11 Å². The number of methoxy groups -OCH3 is 1. The normalized spacial score (nSPS) is 24.7. The number of rotatable bonds is 3. The molecule has 1 saturated carbocycles. The van der Waals surface area contributed by atoms with Crippen molar-refractivity contribution in [1.82, 2.24) is 0 Å². The predicted octanol–water partition coefficient (Wildman–Crippen LogP) is 2.33. The maximum atomic E-state index is 13.3. The lowest BCUT2D eigenvalue weighted by Gasteiger charge is -2.16. The summed E-state index contributed by atoms with van der Waals surface area (Å²) < 4.78 is 57.3. The SMILES string of the molecule is COc1cc(F)c(F)cc1C1(C(=O)O)CC1(F)F. The highest BCUT2D eigenvalue weighted by Crippen LogP contribution is 2.63. The van der Waals surface area contributed by atoms with Crippen LogP contribution in [0.3, 0.4) is 0 Å². The molecule has 1 aromatic carbocycles. The van der Waals surface area contributed by atoms with Crippen LogP contribution in [0.25, 0.3) is 0 Å². The number of halogens is 4. The first-order valence-corrected chi connectivity index (χ1v) is 4.91. The molecule has 1 aromatic rings. The molecule has 0 heterocycles. The largest absolute Gasteiger partial charge is 0.496 e. The Labute approximate surface area is 99.0 Å². The fraction of sp³-hybridized carbons (Fsp3) is 0.364. The Kier molecular flexibility index (Phi) is 2.53. The molecule has 1 N–H and O–H groups in total. The third-order valence-electron chi connectivity index (χ3n) is 3.05. The molecule has 0 bridgehead atoms. The van der Waals surface area contributed by atoms with Crippen molar-refractivity contribution < 1.29 is 32.2 Å². The van der Waals surface area contributed by atoms with Crippen LogP contribution in [-0.2, 0) is 10.2 Å². The van der Waals surface area contributed by atoms with Gasteiger partial charge in [-0.3, -0.25) is 4.79 Å². The van der Waals surface area contributed by atoms with E-state index in [1.807, 2.05) is 0 Å². The fourth-order valence-electron chi connectivity index (χ4n) is 1.96. The number of aliphatic carboxylic acids is 1. The second kappa shape index (κ2) is 3.60. The van der Waals surface area contributed by atoms with Gasteiger partial charge in [-0.25, -0.2) is 17.6 Å². The Bertz CT molecular complexity index is 529. The first-order chi connectivity index (χ1) is 8.26. The highest BCUT2D eigenvalue weighted by molar-refractivity contribution is 5.88. The Morgan fingerprint density at radius 2 is 1.83 bits per heavy atom. The second-order valence-electron chi connectivity index (χ2n) is 4.06. The quantitative estimate of drug-likeness (QED) is 0.852.